The molecular formula is C9H8BrClO2. The monoisotopic (exact) mass is 262 g/mol. The highest BCUT2D eigenvalue weighted by Gasteiger charge is 2.12. The van der Waals surface area contributed by atoms with Crippen molar-refractivity contribution in [3.8, 4) is 5.75 Å². The van der Waals surface area contributed by atoms with E-state index >= 15 is 0 Å². The summed E-state index contributed by atoms with van der Waals surface area (Å²) in [5.74, 6) is 0.396. The van der Waals surface area contributed by atoms with Gasteiger partial charge < -0.3 is 4.74 Å². The van der Waals surface area contributed by atoms with Gasteiger partial charge in [0.05, 0.1) is 23.0 Å². The summed E-state index contributed by atoms with van der Waals surface area (Å²) in [6.07, 6.45) is 0. The Hall–Kier alpha value is -0.540. The number of carbonyl (C=O) groups is 1. The number of rotatable bonds is 3. The molecular weight excluding hydrogens is 255 g/mol. The van der Waals surface area contributed by atoms with Crippen molar-refractivity contribution < 1.29 is 9.53 Å². The molecule has 0 aliphatic rings. The van der Waals surface area contributed by atoms with Crippen LogP contribution in [0.25, 0.3) is 0 Å². The third-order valence-corrected chi connectivity index (χ3v) is 2.40. The zero-order valence-corrected chi connectivity index (χ0v) is 9.35. The molecule has 2 nitrogen and oxygen atoms in total. The molecule has 70 valence electrons. The number of para-hydroxylation sites is 1. The van der Waals surface area contributed by atoms with Gasteiger partial charge >= 0.3 is 0 Å². The van der Waals surface area contributed by atoms with Crippen LogP contribution < -0.4 is 4.74 Å². The second kappa shape index (κ2) is 4.63. The fourth-order valence-electron chi connectivity index (χ4n) is 1.01. The van der Waals surface area contributed by atoms with Crippen molar-refractivity contribution in [1.82, 2.24) is 0 Å². The Balaban J connectivity index is 3.20. The maximum absolute atomic E-state index is 11.4. The lowest BCUT2D eigenvalue weighted by molar-refractivity contribution is 0.102. The van der Waals surface area contributed by atoms with Crippen LogP contribution in [0.15, 0.2) is 18.2 Å². The van der Waals surface area contributed by atoms with E-state index in [0.29, 0.717) is 16.3 Å². The summed E-state index contributed by atoms with van der Waals surface area (Å²) in [5.41, 5.74) is 0.506. The third-order valence-electron chi connectivity index (χ3n) is 1.59. The SMILES string of the molecule is COc1c(Cl)cccc1C(=O)CBr. The van der Waals surface area contributed by atoms with E-state index in [1.807, 2.05) is 0 Å². The summed E-state index contributed by atoms with van der Waals surface area (Å²) in [6.45, 7) is 0. The Morgan fingerprint density at radius 3 is 2.85 bits per heavy atom. The van der Waals surface area contributed by atoms with Gasteiger partial charge in [-0.05, 0) is 12.1 Å². The molecule has 0 heterocycles. The summed E-state index contributed by atoms with van der Waals surface area (Å²) < 4.78 is 5.03. The number of ketones is 1. The van der Waals surface area contributed by atoms with E-state index in [0.717, 1.165) is 0 Å². The summed E-state index contributed by atoms with van der Waals surface area (Å²) >= 11 is 8.93. The normalized spacial score (nSPS) is 9.77. The molecule has 0 aliphatic carbocycles. The molecule has 0 amide bonds. The molecule has 0 saturated carbocycles. The summed E-state index contributed by atoms with van der Waals surface area (Å²) in [7, 11) is 1.49. The second-order valence-electron chi connectivity index (χ2n) is 2.38. The molecule has 0 aliphatic heterocycles. The van der Waals surface area contributed by atoms with E-state index in [9.17, 15) is 4.79 Å². The average molecular weight is 264 g/mol. The first-order chi connectivity index (χ1) is 6.20. The number of Topliss-reactive ketones (excluding diaryl/α,β-unsaturated/α-hetero) is 1. The number of halogens is 2. The highest BCUT2D eigenvalue weighted by Crippen LogP contribution is 2.28. The number of methoxy groups -OCH3 is 1. The predicted octanol–water partition coefficient (Wildman–Crippen LogP) is 2.93. The fourth-order valence-corrected chi connectivity index (χ4v) is 1.56. The zero-order valence-electron chi connectivity index (χ0n) is 7.01. The first-order valence-corrected chi connectivity index (χ1v) is 5.12. The van der Waals surface area contributed by atoms with Crippen LogP contribution in [-0.4, -0.2) is 18.2 Å². The fraction of sp³-hybridized carbons (Fsp3) is 0.222. The van der Waals surface area contributed by atoms with Crippen LogP contribution in [0.1, 0.15) is 10.4 Å². The summed E-state index contributed by atoms with van der Waals surface area (Å²) in [5, 5.41) is 0.721. The molecule has 0 bridgehead atoms. The summed E-state index contributed by atoms with van der Waals surface area (Å²) in [4.78, 5) is 11.4. The molecule has 4 heteroatoms. The predicted molar refractivity (Wildman–Crippen MR) is 56.1 cm³/mol. The van der Waals surface area contributed by atoms with E-state index in [1.54, 1.807) is 18.2 Å². The molecule has 0 unspecified atom stereocenters. The van der Waals surface area contributed by atoms with Crippen LogP contribution in [0.3, 0.4) is 0 Å². The molecule has 0 saturated heterocycles. The third kappa shape index (κ3) is 2.23. The Morgan fingerprint density at radius 1 is 1.62 bits per heavy atom. The van der Waals surface area contributed by atoms with Gasteiger partial charge in [-0.1, -0.05) is 33.6 Å². The van der Waals surface area contributed by atoms with E-state index in [4.69, 9.17) is 16.3 Å². The van der Waals surface area contributed by atoms with Crippen LogP contribution in [-0.2, 0) is 0 Å². The van der Waals surface area contributed by atoms with Crippen molar-refractivity contribution in [3.05, 3.63) is 28.8 Å². The van der Waals surface area contributed by atoms with Crippen LogP contribution >= 0.6 is 27.5 Å². The lowest BCUT2D eigenvalue weighted by Crippen LogP contribution is -2.03. The lowest BCUT2D eigenvalue weighted by Gasteiger charge is -2.07. The number of hydrogen-bond acceptors (Lipinski definition) is 2. The Morgan fingerprint density at radius 2 is 2.31 bits per heavy atom. The van der Waals surface area contributed by atoms with Gasteiger partial charge in [0.2, 0.25) is 0 Å². The zero-order chi connectivity index (χ0) is 9.84. The summed E-state index contributed by atoms with van der Waals surface area (Å²) in [6, 6.07) is 5.10. The highest BCUT2D eigenvalue weighted by atomic mass is 79.9. The molecule has 1 aromatic carbocycles. The molecule has 0 N–H and O–H groups in total. The molecule has 0 radical (unpaired) electrons. The largest absolute Gasteiger partial charge is 0.494 e. The van der Waals surface area contributed by atoms with E-state index in [1.165, 1.54) is 7.11 Å². The molecule has 0 spiro atoms. The van der Waals surface area contributed by atoms with Gasteiger partial charge in [-0.2, -0.15) is 0 Å². The molecule has 1 rings (SSSR count). The van der Waals surface area contributed by atoms with Gasteiger partial charge in [0.15, 0.2) is 5.78 Å². The number of ether oxygens (including phenoxy) is 1. The van der Waals surface area contributed by atoms with Crippen molar-refractivity contribution in [2.75, 3.05) is 12.4 Å². The number of carbonyl (C=O) groups excluding carboxylic acids is 1. The Labute approximate surface area is 90.0 Å². The van der Waals surface area contributed by atoms with Gasteiger partial charge in [0.25, 0.3) is 0 Å². The van der Waals surface area contributed by atoms with Crippen molar-refractivity contribution in [3.63, 3.8) is 0 Å². The highest BCUT2D eigenvalue weighted by molar-refractivity contribution is 9.09. The van der Waals surface area contributed by atoms with Gasteiger partial charge in [-0.3, -0.25) is 4.79 Å². The quantitative estimate of drug-likeness (QED) is 0.619. The van der Waals surface area contributed by atoms with Crippen LogP contribution in [0, 0.1) is 0 Å². The molecule has 0 aromatic heterocycles. The van der Waals surface area contributed by atoms with Crippen LogP contribution in [0.2, 0.25) is 5.02 Å². The van der Waals surface area contributed by atoms with Crippen LogP contribution in [0.4, 0.5) is 0 Å². The number of alkyl halides is 1. The number of benzene rings is 1. The van der Waals surface area contributed by atoms with Crippen LogP contribution in [0.5, 0.6) is 5.75 Å². The topological polar surface area (TPSA) is 26.3 Å². The van der Waals surface area contributed by atoms with Gasteiger partial charge in [0.1, 0.15) is 5.75 Å². The lowest BCUT2D eigenvalue weighted by atomic mass is 10.1. The standard InChI is InChI=1S/C9H8BrClO2/c1-13-9-6(8(12)5-10)3-2-4-7(9)11/h2-4H,5H2,1H3. The van der Waals surface area contributed by atoms with Gasteiger partial charge in [-0.25, -0.2) is 0 Å². The Kier molecular flexibility index (Phi) is 3.75. The molecule has 1 aromatic rings. The first-order valence-electron chi connectivity index (χ1n) is 3.62. The second-order valence-corrected chi connectivity index (χ2v) is 3.35. The number of hydrogen-bond donors (Lipinski definition) is 0. The van der Waals surface area contributed by atoms with E-state index in [2.05, 4.69) is 15.9 Å². The average Bonchev–Trinajstić information content (AvgIpc) is 2.16. The van der Waals surface area contributed by atoms with Crippen molar-refractivity contribution >= 4 is 33.3 Å². The molecule has 0 fully saturated rings. The van der Waals surface area contributed by atoms with E-state index < -0.39 is 0 Å². The van der Waals surface area contributed by atoms with Gasteiger partial charge in [-0.15, -0.1) is 0 Å². The van der Waals surface area contributed by atoms with Gasteiger partial charge in [0, 0.05) is 0 Å². The molecule has 13 heavy (non-hydrogen) atoms. The van der Waals surface area contributed by atoms with Crippen molar-refractivity contribution in [1.29, 1.82) is 0 Å². The smallest absolute Gasteiger partial charge is 0.177 e. The van der Waals surface area contributed by atoms with Crippen molar-refractivity contribution in [2.45, 2.75) is 0 Å². The minimum atomic E-state index is -0.0423. The van der Waals surface area contributed by atoms with E-state index in [-0.39, 0.29) is 11.1 Å². The molecule has 0 atom stereocenters. The van der Waals surface area contributed by atoms with Crippen molar-refractivity contribution in [2.24, 2.45) is 0 Å². The maximum atomic E-state index is 11.4. The minimum Gasteiger partial charge on any atom is -0.494 e. The first kappa shape index (κ1) is 10.5. The maximum Gasteiger partial charge on any atom is 0.177 e. The Bertz CT molecular complexity index is 325. The minimum absolute atomic E-state index is 0.0423.